The standard InChI is InChI=1S/C6H11F2N/c1-2-3-4-9-5-6(7)8/h2,6,9H,1,3-5H2. The summed E-state index contributed by atoms with van der Waals surface area (Å²) in [4.78, 5) is 0. The molecule has 0 atom stereocenters. The second-order valence-corrected chi connectivity index (χ2v) is 1.67. The van der Waals surface area contributed by atoms with Crippen LogP contribution in [0.25, 0.3) is 0 Å². The smallest absolute Gasteiger partial charge is 0.250 e. The average molecular weight is 135 g/mol. The lowest BCUT2D eigenvalue weighted by Crippen LogP contribution is -2.21. The molecule has 0 heterocycles. The Hall–Kier alpha value is -0.440. The number of nitrogens with one attached hydrogen (secondary N) is 1. The summed E-state index contributed by atoms with van der Waals surface area (Å²) in [6, 6.07) is 0. The van der Waals surface area contributed by atoms with Gasteiger partial charge < -0.3 is 5.32 Å². The highest BCUT2D eigenvalue weighted by Gasteiger charge is 1.97. The summed E-state index contributed by atoms with van der Waals surface area (Å²) in [5.74, 6) is 0. The molecule has 0 fully saturated rings. The number of rotatable bonds is 5. The predicted molar refractivity (Wildman–Crippen MR) is 33.7 cm³/mol. The van der Waals surface area contributed by atoms with Crippen LogP contribution in [-0.2, 0) is 0 Å². The van der Waals surface area contributed by atoms with Crippen molar-refractivity contribution < 1.29 is 8.78 Å². The Labute approximate surface area is 53.8 Å². The monoisotopic (exact) mass is 135 g/mol. The highest BCUT2D eigenvalue weighted by Crippen LogP contribution is 1.87. The molecular formula is C6H11F2N. The Balaban J connectivity index is 2.82. The highest BCUT2D eigenvalue weighted by atomic mass is 19.3. The first kappa shape index (κ1) is 8.56. The van der Waals surface area contributed by atoms with E-state index in [0.29, 0.717) is 6.54 Å². The topological polar surface area (TPSA) is 12.0 Å². The summed E-state index contributed by atoms with van der Waals surface area (Å²) >= 11 is 0. The minimum atomic E-state index is -2.24. The van der Waals surface area contributed by atoms with Gasteiger partial charge in [-0.1, -0.05) is 6.08 Å². The normalized spacial score (nSPS) is 10.1. The summed E-state index contributed by atoms with van der Waals surface area (Å²) < 4.78 is 22.7. The maximum atomic E-state index is 11.4. The zero-order chi connectivity index (χ0) is 7.11. The Morgan fingerprint density at radius 1 is 1.56 bits per heavy atom. The van der Waals surface area contributed by atoms with E-state index in [1.807, 2.05) is 0 Å². The average Bonchev–Trinajstić information content (AvgIpc) is 1.80. The zero-order valence-corrected chi connectivity index (χ0v) is 5.24. The lowest BCUT2D eigenvalue weighted by atomic mass is 10.4. The highest BCUT2D eigenvalue weighted by molar-refractivity contribution is 4.67. The van der Waals surface area contributed by atoms with Gasteiger partial charge in [0.05, 0.1) is 6.54 Å². The second-order valence-electron chi connectivity index (χ2n) is 1.67. The van der Waals surface area contributed by atoms with Gasteiger partial charge in [0, 0.05) is 0 Å². The van der Waals surface area contributed by atoms with Crippen LogP contribution in [0.2, 0.25) is 0 Å². The molecule has 0 bridgehead atoms. The number of hydrogen-bond donors (Lipinski definition) is 1. The molecule has 0 radical (unpaired) electrons. The minimum Gasteiger partial charge on any atom is -0.311 e. The third kappa shape index (κ3) is 7.56. The van der Waals surface area contributed by atoms with Gasteiger partial charge in [0.2, 0.25) is 0 Å². The van der Waals surface area contributed by atoms with E-state index in [-0.39, 0.29) is 6.54 Å². The van der Waals surface area contributed by atoms with Crippen molar-refractivity contribution in [2.75, 3.05) is 13.1 Å². The molecule has 0 aliphatic heterocycles. The van der Waals surface area contributed by atoms with E-state index in [1.54, 1.807) is 6.08 Å². The van der Waals surface area contributed by atoms with Crippen LogP contribution in [0.5, 0.6) is 0 Å². The molecular weight excluding hydrogens is 124 g/mol. The van der Waals surface area contributed by atoms with E-state index < -0.39 is 6.43 Å². The summed E-state index contributed by atoms with van der Waals surface area (Å²) in [6.45, 7) is 3.83. The SMILES string of the molecule is C=CCCNCC(F)F. The van der Waals surface area contributed by atoms with Crippen molar-refractivity contribution in [3.05, 3.63) is 12.7 Å². The Morgan fingerprint density at radius 3 is 2.67 bits per heavy atom. The molecule has 54 valence electrons. The van der Waals surface area contributed by atoms with Crippen LogP contribution in [0.15, 0.2) is 12.7 Å². The van der Waals surface area contributed by atoms with Crippen molar-refractivity contribution in [1.29, 1.82) is 0 Å². The van der Waals surface area contributed by atoms with Gasteiger partial charge >= 0.3 is 0 Å². The Bertz CT molecular complexity index is 73.5. The third-order valence-corrected chi connectivity index (χ3v) is 0.824. The Kier molecular flexibility index (Phi) is 5.41. The molecule has 1 nitrogen and oxygen atoms in total. The molecule has 0 aromatic rings. The van der Waals surface area contributed by atoms with E-state index in [9.17, 15) is 8.78 Å². The van der Waals surface area contributed by atoms with Gasteiger partial charge in [0.25, 0.3) is 6.43 Å². The fourth-order valence-corrected chi connectivity index (χ4v) is 0.415. The molecule has 0 aromatic heterocycles. The second kappa shape index (κ2) is 5.69. The first-order valence-corrected chi connectivity index (χ1v) is 2.87. The van der Waals surface area contributed by atoms with Gasteiger partial charge in [-0.2, -0.15) is 0 Å². The van der Waals surface area contributed by atoms with Crippen LogP contribution in [0.1, 0.15) is 6.42 Å². The van der Waals surface area contributed by atoms with E-state index >= 15 is 0 Å². The molecule has 0 rings (SSSR count). The molecule has 0 saturated carbocycles. The van der Waals surface area contributed by atoms with Crippen LogP contribution in [-0.4, -0.2) is 19.5 Å². The lowest BCUT2D eigenvalue weighted by Gasteiger charge is -1.99. The van der Waals surface area contributed by atoms with Crippen LogP contribution in [0, 0.1) is 0 Å². The first-order valence-electron chi connectivity index (χ1n) is 2.87. The van der Waals surface area contributed by atoms with Crippen LogP contribution in [0.3, 0.4) is 0 Å². The molecule has 0 aliphatic carbocycles. The number of hydrogen-bond acceptors (Lipinski definition) is 1. The molecule has 0 aliphatic rings. The summed E-state index contributed by atoms with van der Waals surface area (Å²) in [6.07, 6.45) is 0.195. The van der Waals surface area contributed by atoms with E-state index in [2.05, 4.69) is 11.9 Å². The van der Waals surface area contributed by atoms with Crippen molar-refractivity contribution in [3.8, 4) is 0 Å². The van der Waals surface area contributed by atoms with Crippen LogP contribution in [0.4, 0.5) is 8.78 Å². The summed E-state index contributed by atoms with van der Waals surface area (Å²) in [7, 11) is 0. The van der Waals surface area contributed by atoms with Gasteiger partial charge in [-0.3, -0.25) is 0 Å². The molecule has 9 heavy (non-hydrogen) atoms. The van der Waals surface area contributed by atoms with Gasteiger partial charge in [0.15, 0.2) is 0 Å². The number of halogens is 2. The van der Waals surface area contributed by atoms with Gasteiger partial charge in [0.1, 0.15) is 0 Å². The molecule has 0 spiro atoms. The van der Waals surface area contributed by atoms with Gasteiger partial charge in [-0.25, -0.2) is 8.78 Å². The van der Waals surface area contributed by atoms with Crippen molar-refractivity contribution in [1.82, 2.24) is 5.32 Å². The Morgan fingerprint density at radius 2 is 2.22 bits per heavy atom. The quantitative estimate of drug-likeness (QED) is 0.444. The van der Waals surface area contributed by atoms with Crippen molar-refractivity contribution in [2.45, 2.75) is 12.8 Å². The van der Waals surface area contributed by atoms with Gasteiger partial charge in [-0.05, 0) is 13.0 Å². The van der Waals surface area contributed by atoms with Gasteiger partial charge in [-0.15, -0.1) is 6.58 Å². The molecule has 0 aromatic carbocycles. The molecule has 3 heteroatoms. The third-order valence-electron chi connectivity index (χ3n) is 0.824. The minimum absolute atomic E-state index is 0.214. The molecule has 1 N–H and O–H groups in total. The van der Waals surface area contributed by atoms with Crippen LogP contribution < -0.4 is 5.32 Å². The van der Waals surface area contributed by atoms with Crippen LogP contribution >= 0.6 is 0 Å². The molecule has 0 saturated heterocycles. The maximum absolute atomic E-state index is 11.4. The van der Waals surface area contributed by atoms with E-state index in [1.165, 1.54) is 0 Å². The van der Waals surface area contributed by atoms with Crippen molar-refractivity contribution in [2.24, 2.45) is 0 Å². The lowest BCUT2D eigenvalue weighted by molar-refractivity contribution is 0.146. The van der Waals surface area contributed by atoms with E-state index in [0.717, 1.165) is 6.42 Å². The zero-order valence-electron chi connectivity index (χ0n) is 5.24. The maximum Gasteiger partial charge on any atom is 0.250 e. The summed E-state index contributed by atoms with van der Waals surface area (Å²) in [5.41, 5.74) is 0. The molecule has 0 unspecified atom stereocenters. The van der Waals surface area contributed by atoms with Crippen molar-refractivity contribution >= 4 is 0 Å². The summed E-state index contributed by atoms with van der Waals surface area (Å²) in [5, 5.41) is 2.56. The predicted octanol–water partition coefficient (Wildman–Crippen LogP) is 1.42. The fraction of sp³-hybridized carbons (Fsp3) is 0.667. The van der Waals surface area contributed by atoms with Crippen molar-refractivity contribution in [3.63, 3.8) is 0 Å². The fourth-order valence-electron chi connectivity index (χ4n) is 0.415. The molecule has 0 amide bonds. The largest absolute Gasteiger partial charge is 0.311 e. The number of alkyl halides is 2. The van der Waals surface area contributed by atoms with E-state index in [4.69, 9.17) is 0 Å². The first-order chi connectivity index (χ1) is 4.27.